The van der Waals surface area contributed by atoms with Crippen LogP contribution in [0, 0.1) is 0 Å². The molecule has 14 heteroatoms. The molecule has 0 aliphatic carbocycles. The largest absolute Gasteiger partial charge is 0.756 e. The molecule has 1 fully saturated rings. The van der Waals surface area contributed by atoms with E-state index in [1.54, 1.807) is 0 Å². The van der Waals surface area contributed by atoms with Crippen LogP contribution < -0.4 is 16.2 Å². The molecule has 3 N–H and O–H groups in total. The summed E-state index contributed by atoms with van der Waals surface area (Å²) in [5, 5.41) is 0. The van der Waals surface area contributed by atoms with Crippen molar-refractivity contribution in [3.63, 3.8) is 0 Å². The lowest BCUT2D eigenvalue weighted by molar-refractivity contribution is -0.230. The number of halogens is 1. The van der Waals surface area contributed by atoms with Crippen LogP contribution >= 0.6 is 7.82 Å². The average molecular weight is 392 g/mol. The van der Waals surface area contributed by atoms with Gasteiger partial charge < -0.3 is 29.1 Å². The molecule has 0 radical (unpaired) electrons. The van der Waals surface area contributed by atoms with Crippen molar-refractivity contribution in [3.05, 3.63) is 16.7 Å². The van der Waals surface area contributed by atoms with Crippen molar-refractivity contribution < 1.29 is 32.4 Å². The molecular formula is C12H16FN5O7P-. The van der Waals surface area contributed by atoms with Crippen molar-refractivity contribution in [1.82, 2.24) is 19.5 Å². The third-order valence-corrected chi connectivity index (χ3v) is 4.75. The number of aromatic amines is 1. The summed E-state index contributed by atoms with van der Waals surface area (Å²) in [6, 6.07) is 0. The molecule has 3 rings (SSSR count). The lowest BCUT2D eigenvalue weighted by Crippen LogP contribution is -2.35. The Hall–Kier alpha value is -1.89. The number of anilines is 1. The molecule has 2 aromatic rings. The number of nitrogens with one attached hydrogen (secondary N) is 1. The smallest absolute Gasteiger partial charge is 0.280 e. The molecule has 0 spiro atoms. The topological polar surface area (TPSA) is 167 Å². The fraction of sp³-hybridized carbons (Fsp3) is 0.583. The van der Waals surface area contributed by atoms with Gasteiger partial charge in [0.15, 0.2) is 23.6 Å². The summed E-state index contributed by atoms with van der Waals surface area (Å²) in [6.07, 6.45) is -4.76. The number of hydrogen-bond acceptors (Lipinski definition) is 10. The van der Waals surface area contributed by atoms with E-state index in [0.29, 0.717) is 0 Å². The highest BCUT2D eigenvalue weighted by Gasteiger charge is 2.49. The SMILES string of the molecule is COC[C@H]1O[C@@H](n2cnc3c(=O)[nH]c(N)nc32)[C@@H](F)C1OP(=O)([O-])OC. The number of phosphoric acid groups is 1. The van der Waals surface area contributed by atoms with Crippen molar-refractivity contribution in [2.75, 3.05) is 26.6 Å². The molecular weight excluding hydrogens is 376 g/mol. The van der Waals surface area contributed by atoms with Gasteiger partial charge in [-0.3, -0.25) is 18.9 Å². The number of alkyl halides is 1. The van der Waals surface area contributed by atoms with Gasteiger partial charge >= 0.3 is 0 Å². The molecule has 3 heterocycles. The van der Waals surface area contributed by atoms with Crippen LogP contribution in [0.15, 0.2) is 11.1 Å². The maximum Gasteiger partial charge on any atom is 0.280 e. The minimum absolute atomic E-state index is 0.0206. The van der Waals surface area contributed by atoms with Crippen LogP contribution in [0.1, 0.15) is 6.23 Å². The summed E-state index contributed by atoms with van der Waals surface area (Å²) in [5.74, 6) is -0.192. The Kier molecular flexibility index (Phi) is 5.10. The number of methoxy groups -OCH3 is 1. The number of nitrogen functional groups attached to an aromatic ring is 1. The first-order chi connectivity index (χ1) is 12.3. The first-order valence-electron chi connectivity index (χ1n) is 7.33. The fourth-order valence-corrected chi connectivity index (χ4v) is 3.30. The van der Waals surface area contributed by atoms with Crippen LogP contribution in [-0.2, 0) is 23.1 Å². The summed E-state index contributed by atoms with van der Waals surface area (Å²) in [7, 11) is -2.50. The predicted octanol–water partition coefficient (Wildman–Crippen LogP) is -0.916. The van der Waals surface area contributed by atoms with Crippen molar-refractivity contribution >= 4 is 24.9 Å². The number of fused-ring (bicyclic) bond motifs is 1. The van der Waals surface area contributed by atoms with Crippen LogP contribution in [0.5, 0.6) is 0 Å². The van der Waals surface area contributed by atoms with Crippen LogP contribution in [0.25, 0.3) is 11.2 Å². The van der Waals surface area contributed by atoms with E-state index in [1.807, 2.05) is 0 Å². The monoisotopic (exact) mass is 392 g/mol. The zero-order chi connectivity index (χ0) is 19.1. The summed E-state index contributed by atoms with van der Waals surface area (Å²) in [5.41, 5.74) is 4.81. The van der Waals surface area contributed by atoms with Gasteiger partial charge in [-0.25, -0.2) is 9.37 Å². The van der Waals surface area contributed by atoms with Crippen molar-refractivity contribution in [2.24, 2.45) is 0 Å². The van der Waals surface area contributed by atoms with E-state index in [-0.39, 0.29) is 23.7 Å². The van der Waals surface area contributed by atoms with Gasteiger partial charge in [0.2, 0.25) is 5.95 Å². The number of imidazole rings is 1. The number of nitrogens with zero attached hydrogens (tertiary/aromatic N) is 3. The Morgan fingerprint density at radius 3 is 2.92 bits per heavy atom. The van der Waals surface area contributed by atoms with Gasteiger partial charge in [0, 0.05) is 14.2 Å². The first kappa shape index (κ1) is 18.9. The zero-order valence-corrected chi connectivity index (χ0v) is 14.6. The quantitative estimate of drug-likeness (QED) is 0.587. The van der Waals surface area contributed by atoms with Gasteiger partial charge in [0.25, 0.3) is 13.4 Å². The van der Waals surface area contributed by atoms with E-state index in [4.69, 9.17) is 19.7 Å². The molecule has 5 atom stereocenters. The Bertz CT molecular complexity index is 904. The molecule has 0 bridgehead atoms. The molecule has 1 aliphatic heterocycles. The summed E-state index contributed by atoms with van der Waals surface area (Å²) in [4.78, 5) is 33.5. The molecule has 1 saturated heterocycles. The Labute approximate surface area is 145 Å². The highest BCUT2D eigenvalue weighted by Crippen LogP contribution is 2.45. The van der Waals surface area contributed by atoms with Crippen molar-refractivity contribution in [1.29, 1.82) is 0 Å². The molecule has 26 heavy (non-hydrogen) atoms. The van der Waals surface area contributed by atoms with Crippen LogP contribution in [0.3, 0.4) is 0 Å². The normalized spacial score (nSPS) is 28.5. The van der Waals surface area contributed by atoms with Crippen LogP contribution in [-0.4, -0.2) is 58.7 Å². The molecule has 0 saturated carbocycles. The number of nitrogens with two attached hydrogens (primary N) is 1. The minimum atomic E-state index is -4.73. The maximum atomic E-state index is 15.0. The molecule has 0 amide bonds. The minimum Gasteiger partial charge on any atom is -0.756 e. The van der Waals surface area contributed by atoms with E-state index >= 15 is 0 Å². The maximum absolute atomic E-state index is 15.0. The zero-order valence-electron chi connectivity index (χ0n) is 13.7. The summed E-state index contributed by atoms with van der Waals surface area (Å²) in [6.45, 7) is -0.145. The highest BCUT2D eigenvalue weighted by molar-refractivity contribution is 7.45. The lowest BCUT2D eigenvalue weighted by Gasteiger charge is -2.27. The van der Waals surface area contributed by atoms with Gasteiger partial charge in [-0.15, -0.1) is 0 Å². The second-order valence-corrected chi connectivity index (χ2v) is 6.91. The number of hydrogen-bond donors (Lipinski definition) is 2. The Morgan fingerprint density at radius 2 is 2.27 bits per heavy atom. The molecule has 144 valence electrons. The number of ether oxygens (including phenoxy) is 2. The summed E-state index contributed by atoms with van der Waals surface area (Å²) >= 11 is 0. The molecule has 0 aromatic carbocycles. The lowest BCUT2D eigenvalue weighted by atomic mass is 10.1. The highest BCUT2D eigenvalue weighted by atomic mass is 31.2. The number of H-pyrrole nitrogens is 1. The first-order valence-corrected chi connectivity index (χ1v) is 8.79. The third kappa shape index (κ3) is 3.37. The molecule has 2 unspecified atom stereocenters. The predicted molar refractivity (Wildman–Crippen MR) is 82.7 cm³/mol. The van der Waals surface area contributed by atoms with Crippen molar-refractivity contribution in [2.45, 2.75) is 24.6 Å². The average Bonchev–Trinajstić information content (AvgIpc) is 3.11. The van der Waals surface area contributed by atoms with Gasteiger partial charge in [-0.1, -0.05) is 0 Å². The molecule has 2 aromatic heterocycles. The Morgan fingerprint density at radius 1 is 1.54 bits per heavy atom. The third-order valence-electron chi connectivity index (χ3n) is 3.80. The summed E-state index contributed by atoms with van der Waals surface area (Å²) < 4.78 is 47.1. The number of aromatic nitrogens is 4. The number of phosphoric ester groups is 1. The van der Waals surface area contributed by atoms with Crippen LogP contribution in [0.4, 0.5) is 10.3 Å². The fourth-order valence-electron chi connectivity index (χ4n) is 2.66. The Balaban J connectivity index is 1.98. The van der Waals surface area contributed by atoms with Gasteiger partial charge in [0.1, 0.15) is 12.2 Å². The van der Waals surface area contributed by atoms with Gasteiger partial charge in [0.05, 0.1) is 12.9 Å². The van der Waals surface area contributed by atoms with E-state index in [2.05, 4.69) is 19.5 Å². The molecule has 12 nitrogen and oxygen atoms in total. The van der Waals surface area contributed by atoms with Gasteiger partial charge in [-0.2, -0.15) is 4.98 Å². The van der Waals surface area contributed by atoms with E-state index in [9.17, 15) is 18.6 Å². The second kappa shape index (κ2) is 7.02. The molecule has 1 aliphatic rings. The van der Waals surface area contributed by atoms with E-state index in [0.717, 1.165) is 18.0 Å². The van der Waals surface area contributed by atoms with Gasteiger partial charge in [-0.05, 0) is 0 Å². The second-order valence-electron chi connectivity index (χ2n) is 5.44. The van der Waals surface area contributed by atoms with Crippen LogP contribution in [0.2, 0.25) is 0 Å². The standard InChI is InChI=1S/C12H17FN5O7P/c1-22-3-5-8(25-26(20,21)23-2)6(13)11(24-5)18-4-15-7-9(18)16-12(14)17-10(7)19/h4-6,8,11H,3H2,1-2H3,(H,20,21)(H3,14,16,17,19)/p-1/t5-,6+,8?,11-/m1/s1. The van der Waals surface area contributed by atoms with E-state index in [1.165, 1.54) is 7.11 Å². The van der Waals surface area contributed by atoms with E-state index < -0.39 is 38.0 Å². The number of rotatable bonds is 6. The van der Waals surface area contributed by atoms with Crippen molar-refractivity contribution in [3.8, 4) is 0 Å².